The molecule has 18 heavy (non-hydrogen) atoms. The first-order valence-electron chi connectivity index (χ1n) is 5.80. The Morgan fingerprint density at radius 1 is 1.50 bits per heavy atom. The second-order valence-electron chi connectivity index (χ2n) is 3.82. The van der Waals surface area contributed by atoms with Crippen molar-refractivity contribution in [2.75, 3.05) is 19.0 Å². The minimum absolute atomic E-state index is 0.160. The van der Waals surface area contributed by atoms with Crippen LogP contribution in [0.1, 0.15) is 29.9 Å². The number of carbonyl (C=O) groups excluding carboxylic acids is 2. The Morgan fingerprint density at radius 3 is 2.83 bits per heavy atom. The van der Waals surface area contributed by atoms with Crippen LogP contribution in [0.2, 0.25) is 0 Å². The fourth-order valence-electron chi connectivity index (χ4n) is 1.35. The van der Waals surface area contributed by atoms with Crippen molar-refractivity contribution in [2.24, 2.45) is 0 Å². The lowest BCUT2D eigenvalue weighted by Crippen LogP contribution is -2.38. The molecule has 100 valence electrons. The SMILES string of the molecule is CCCNC(C)C(=O)Nc1ccsc1C(=O)OC. The van der Waals surface area contributed by atoms with Gasteiger partial charge < -0.3 is 15.4 Å². The molecular formula is C12H18N2O3S. The molecule has 0 aliphatic carbocycles. The molecule has 5 nitrogen and oxygen atoms in total. The molecule has 2 N–H and O–H groups in total. The van der Waals surface area contributed by atoms with Gasteiger partial charge in [0, 0.05) is 0 Å². The van der Waals surface area contributed by atoms with Crippen molar-refractivity contribution in [3.63, 3.8) is 0 Å². The van der Waals surface area contributed by atoms with Crippen LogP contribution in [0.5, 0.6) is 0 Å². The van der Waals surface area contributed by atoms with E-state index in [9.17, 15) is 9.59 Å². The van der Waals surface area contributed by atoms with Gasteiger partial charge in [0.05, 0.1) is 18.8 Å². The first kappa shape index (κ1) is 14.7. The molecule has 1 heterocycles. The van der Waals surface area contributed by atoms with E-state index >= 15 is 0 Å². The highest BCUT2D eigenvalue weighted by Crippen LogP contribution is 2.23. The lowest BCUT2D eigenvalue weighted by molar-refractivity contribution is -0.117. The number of amides is 1. The topological polar surface area (TPSA) is 67.4 Å². The van der Waals surface area contributed by atoms with Gasteiger partial charge in [-0.05, 0) is 31.3 Å². The third kappa shape index (κ3) is 3.82. The lowest BCUT2D eigenvalue weighted by atomic mass is 10.3. The van der Waals surface area contributed by atoms with Crippen molar-refractivity contribution in [3.8, 4) is 0 Å². The summed E-state index contributed by atoms with van der Waals surface area (Å²) in [6, 6.07) is 1.40. The van der Waals surface area contributed by atoms with Gasteiger partial charge in [-0.1, -0.05) is 6.92 Å². The van der Waals surface area contributed by atoms with E-state index in [1.807, 2.05) is 6.92 Å². The number of anilines is 1. The molecule has 0 bridgehead atoms. The van der Waals surface area contributed by atoms with Crippen LogP contribution in [-0.4, -0.2) is 31.6 Å². The first-order chi connectivity index (χ1) is 8.60. The predicted octanol–water partition coefficient (Wildman–Crippen LogP) is 1.86. The van der Waals surface area contributed by atoms with Crippen LogP contribution in [0, 0.1) is 0 Å². The summed E-state index contributed by atoms with van der Waals surface area (Å²) in [6.07, 6.45) is 0.962. The summed E-state index contributed by atoms with van der Waals surface area (Å²) in [5.74, 6) is -0.596. The smallest absolute Gasteiger partial charge is 0.350 e. The Labute approximate surface area is 111 Å². The molecule has 0 aliphatic rings. The van der Waals surface area contributed by atoms with Crippen LogP contribution < -0.4 is 10.6 Å². The van der Waals surface area contributed by atoms with Gasteiger partial charge in [0.15, 0.2) is 0 Å². The van der Waals surface area contributed by atoms with E-state index in [1.165, 1.54) is 18.4 Å². The monoisotopic (exact) mass is 270 g/mol. The molecule has 1 rings (SSSR count). The van der Waals surface area contributed by atoms with Crippen LogP contribution in [0.25, 0.3) is 0 Å². The zero-order valence-corrected chi connectivity index (χ0v) is 11.6. The Hall–Kier alpha value is -1.40. The third-order valence-corrected chi connectivity index (χ3v) is 3.28. The number of methoxy groups -OCH3 is 1. The number of ether oxygens (including phenoxy) is 1. The molecule has 1 aromatic rings. The van der Waals surface area contributed by atoms with Gasteiger partial charge in [0.25, 0.3) is 0 Å². The summed E-state index contributed by atoms with van der Waals surface area (Å²) in [5, 5.41) is 7.55. The van der Waals surface area contributed by atoms with Gasteiger partial charge in [0.1, 0.15) is 4.88 Å². The molecule has 1 aromatic heterocycles. The molecule has 0 fully saturated rings. The number of rotatable bonds is 6. The van der Waals surface area contributed by atoms with E-state index in [-0.39, 0.29) is 11.9 Å². The van der Waals surface area contributed by atoms with E-state index in [4.69, 9.17) is 0 Å². The van der Waals surface area contributed by atoms with Gasteiger partial charge in [0.2, 0.25) is 5.91 Å². The third-order valence-electron chi connectivity index (χ3n) is 2.39. The summed E-state index contributed by atoms with van der Waals surface area (Å²) >= 11 is 1.24. The second-order valence-corrected chi connectivity index (χ2v) is 4.74. The maximum absolute atomic E-state index is 11.9. The molecular weight excluding hydrogens is 252 g/mol. The van der Waals surface area contributed by atoms with E-state index in [1.54, 1.807) is 18.4 Å². The maximum atomic E-state index is 11.9. The summed E-state index contributed by atoms with van der Waals surface area (Å²) in [6.45, 7) is 4.60. The molecule has 6 heteroatoms. The molecule has 0 radical (unpaired) electrons. The van der Waals surface area contributed by atoms with Crippen LogP contribution >= 0.6 is 11.3 Å². The quantitative estimate of drug-likeness (QED) is 0.774. The molecule has 0 spiro atoms. The maximum Gasteiger partial charge on any atom is 0.350 e. The normalized spacial score (nSPS) is 11.9. The van der Waals surface area contributed by atoms with Crippen molar-refractivity contribution >= 4 is 28.9 Å². The van der Waals surface area contributed by atoms with Gasteiger partial charge in [-0.2, -0.15) is 0 Å². The van der Waals surface area contributed by atoms with Crippen molar-refractivity contribution in [1.82, 2.24) is 5.32 Å². The molecule has 0 aromatic carbocycles. The lowest BCUT2D eigenvalue weighted by Gasteiger charge is -2.13. The highest BCUT2D eigenvalue weighted by Gasteiger charge is 2.18. The zero-order chi connectivity index (χ0) is 13.5. The number of hydrogen-bond donors (Lipinski definition) is 2. The zero-order valence-electron chi connectivity index (χ0n) is 10.8. The predicted molar refractivity (Wildman–Crippen MR) is 72.0 cm³/mol. The second kappa shape index (κ2) is 7.13. The van der Waals surface area contributed by atoms with Gasteiger partial charge in [-0.25, -0.2) is 4.79 Å². The standard InChI is InChI=1S/C12H18N2O3S/c1-4-6-13-8(2)11(15)14-9-5-7-18-10(9)12(16)17-3/h5,7-8,13H,4,6H2,1-3H3,(H,14,15). The van der Waals surface area contributed by atoms with Gasteiger partial charge >= 0.3 is 5.97 Å². The van der Waals surface area contributed by atoms with E-state index in [2.05, 4.69) is 15.4 Å². The highest BCUT2D eigenvalue weighted by atomic mass is 32.1. The minimum atomic E-state index is -0.436. The highest BCUT2D eigenvalue weighted by molar-refractivity contribution is 7.12. The summed E-state index contributed by atoms with van der Waals surface area (Å²) in [5.41, 5.74) is 0.502. The average molecular weight is 270 g/mol. The van der Waals surface area contributed by atoms with E-state index < -0.39 is 5.97 Å². The molecule has 1 amide bonds. The minimum Gasteiger partial charge on any atom is -0.465 e. The summed E-state index contributed by atoms with van der Waals surface area (Å²) < 4.78 is 4.65. The van der Waals surface area contributed by atoms with Crippen LogP contribution in [-0.2, 0) is 9.53 Å². The van der Waals surface area contributed by atoms with Gasteiger partial charge in [-0.15, -0.1) is 11.3 Å². The summed E-state index contributed by atoms with van der Waals surface area (Å²) in [7, 11) is 1.32. The molecule has 1 unspecified atom stereocenters. The number of thiophene rings is 1. The van der Waals surface area contributed by atoms with Gasteiger partial charge in [-0.3, -0.25) is 4.79 Å². The number of nitrogens with one attached hydrogen (secondary N) is 2. The van der Waals surface area contributed by atoms with Crippen molar-refractivity contribution in [3.05, 3.63) is 16.3 Å². The Balaban J connectivity index is 2.64. The Kier molecular flexibility index (Phi) is 5.80. The van der Waals surface area contributed by atoms with E-state index in [0.717, 1.165) is 13.0 Å². The molecule has 1 atom stereocenters. The molecule has 0 saturated heterocycles. The molecule has 0 saturated carbocycles. The fourth-order valence-corrected chi connectivity index (χ4v) is 2.12. The number of carbonyl (C=O) groups is 2. The van der Waals surface area contributed by atoms with Crippen LogP contribution in [0.3, 0.4) is 0 Å². The largest absolute Gasteiger partial charge is 0.465 e. The Bertz CT molecular complexity index is 417. The number of esters is 1. The van der Waals surface area contributed by atoms with Crippen molar-refractivity contribution < 1.29 is 14.3 Å². The first-order valence-corrected chi connectivity index (χ1v) is 6.68. The van der Waals surface area contributed by atoms with E-state index in [0.29, 0.717) is 10.6 Å². The van der Waals surface area contributed by atoms with Crippen molar-refractivity contribution in [1.29, 1.82) is 0 Å². The Morgan fingerprint density at radius 2 is 2.22 bits per heavy atom. The summed E-state index contributed by atoms with van der Waals surface area (Å²) in [4.78, 5) is 23.7. The average Bonchev–Trinajstić information content (AvgIpc) is 2.82. The number of hydrogen-bond acceptors (Lipinski definition) is 5. The van der Waals surface area contributed by atoms with Crippen LogP contribution in [0.4, 0.5) is 5.69 Å². The van der Waals surface area contributed by atoms with Crippen LogP contribution in [0.15, 0.2) is 11.4 Å². The van der Waals surface area contributed by atoms with Crippen molar-refractivity contribution in [2.45, 2.75) is 26.3 Å². The molecule has 0 aliphatic heterocycles. The fraction of sp³-hybridized carbons (Fsp3) is 0.500.